The number of hydrogen-bond donors (Lipinski definition) is 1. The van der Waals surface area contributed by atoms with Gasteiger partial charge in [0.15, 0.2) is 6.61 Å². The Bertz CT molecular complexity index is 267. The van der Waals surface area contributed by atoms with Crippen LogP contribution in [0.2, 0.25) is 0 Å². The van der Waals surface area contributed by atoms with E-state index in [1.165, 1.54) is 0 Å². The van der Waals surface area contributed by atoms with Gasteiger partial charge in [-0.15, -0.1) is 0 Å². The zero-order valence-corrected chi connectivity index (χ0v) is 9.30. The topological polar surface area (TPSA) is 30.5 Å². The van der Waals surface area contributed by atoms with E-state index in [9.17, 15) is 13.2 Å². The number of fused-ring (bicyclic) bond motifs is 1. The molecule has 1 aliphatic heterocycles. The van der Waals surface area contributed by atoms with Gasteiger partial charge in [0.05, 0.1) is 6.10 Å². The summed E-state index contributed by atoms with van der Waals surface area (Å²) in [6.07, 6.45) is -3.24. The molecule has 2 fully saturated rings. The Morgan fingerprint density at radius 2 is 2.12 bits per heavy atom. The van der Waals surface area contributed by atoms with E-state index in [1.807, 2.05) is 13.8 Å². The lowest BCUT2D eigenvalue weighted by Crippen LogP contribution is -2.65. The summed E-state index contributed by atoms with van der Waals surface area (Å²) in [5, 5.41) is 0. The summed E-state index contributed by atoms with van der Waals surface area (Å²) in [6.45, 7) is 3.40. The molecule has 2 aliphatic rings. The van der Waals surface area contributed by atoms with E-state index in [0.717, 1.165) is 6.42 Å². The van der Waals surface area contributed by atoms with Gasteiger partial charge in [-0.3, -0.25) is 4.84 Å². The third-order valence-electron chi connectivity index (χ3n) is 3.55. The molecule has 2 rings (SSSR count). The van der Waals surface area contributed by atoms with Gasteiger partial charge in [-0.05, 0) is 6.42 Å². The van der Waals surface area contributed by atoms with Gasteiger partial charge in [-0.1, -0.05) is 13.8 Å². The SMILES string of the molecule is CC1(C)C(NOCC(F)(F)F)C2CCOC21. The molecule has 3 atom stereocenters. The van der Waals surface area contributed by atoms with Crippen LogP contribution in [-0.4, -0.2) is 31.5 Å². The maximum absolute atomic E-state index is 11.9. The van der Waals surface area contributed by atoms with Crippen LogP contribution < -0.4 is 5.48 Å². The summed E-state index contributed by atoms with van der Waals surface area (Å²) in [5.74, 6) is 0.281. The van der Waals surface area contributed by atoms with E-state index in [2.05, 4.69) is 10.3 Å². The number of halogens is 3. The number of rotatable bonds is 3. The van der Waals surface area contributed by atoms with Crippen molar-refractivity contribution in [3.63, 3.8) is 0 Å². The normalized spacial score (nSPS) is 36.9. The average Bonchev–Trinajstić information content (AvgIpc) is 2.56. The summed E-state index contributed by atoms with van der Waals surface area (Å²) in [5.41, 5.74) is 2.38. The molecule has 0 amide bonds. The Morgan fingerprint density at radius 3 is 2.75 bits per heavy atom. The Kier molecular flexibility index (Phi) is 2.92. The van der Waals surface area contributed by atoms with Gasteiger partial charge in [0, 0.05) is 24.0 Å². The average molecular weight is 239 g/mol. The van der Waals surface area contributed by atoms with Crippen LogP contribution in [0.1, 0.15) is 20.3 Å². The number of ether oxygens (including phenoxy) is 1. The molecule has 16 heavy (non-hydrogen) atoms. The van der Waals surface area contributed by atoms with Gasteiger partial charge < -0.3 is 4.74 Å². The second-order valence-corrected chi connectivity index (χ2v) is 5.06. The lowest BCUT2D eigenvalue weighted by atomic mass is 9.58. The van der Waals surface area contributed by atoms with Gasteiger partial charge in [0.2, 0.25) is 0 Å². The third kappa shape index (κ3) is 2.06. The molecule has 1 saturated carbocycles. The summed E-state index contributed by atoms with van der Waals surface area (Å²) in [4.78, 5) is 4.52. The second-order valence-electron chi connectivity index (χ2n) is 5.06. The lowest BCUT2D eigenvalue weighted by molar-refractivity contribution is -0.218. The van der Waals surface area contributed by atoms with Crippen LogP contribution >= 0.6 is 0 Å². The summed E-state index contributed by atoms with van der Waals surface area (Å²) >= 11 is 0. The molecule has 3 unspecified atom stereocenters. The molecule has 0 spiro atoms. The van der Waals surface area contributed by atoms with E-state index in [0.29, 0.717) is 6.61 Å². The number of nitrogens with one attached hydrogen (secondary N) is 1. The van der Waals surface area contributed by atoms with Crippen LogP contribution in [0.3, 0.4) is 0 Å². The fourth-order valence-electron chi connectivity index (χ4n) is 2.78. The molecule has 1 N–H and O–H groups in total. The molecule has 1 heterocycles. The molecule has 1 saturated heterocycles. The lowest BCUT2D eigenvalue weighted by Gasteiger charge is -2.54. The Balaban J connectivity index is 1.82. The molecule has 0 aromatic rings. The summed E-state index contributed by atoms with van der Waals surface area (Å²) in [7, 11) is 0. The van der Waals surface area contributed by atoms with Crippen molar-refractivity contribution in [1.29, 1.82) is 0 Å². The molecule has 0 bridgehead atoms. The minimum absolute atomic E-state index is 0.0534. The first kappa shape index (κ1) is 12.1. The Labute approximate surface area is 92.2 Å². The largest absolute Gasteiger partial charge is 0.413 e. The van der Waals surface area contributed by atoms with Crippen molar-refractivity contribution in [3.05, 3.63) is 0 Å². The highest BCUT2D eigenvalue weighted by Gasteiger charge is 2.59. The van der Waals surface area contributed by atoms with Crippen molar-refractivity contribution in [3.8, 4) is 0 Å². The van der Waals surface area contributed by atoms with Crippen molar-refractivity contribution >= 4 is 0 Å². The molecule has 0 aromatic heterocycles. The van der Waals surface area contributed by atoms with E-state index in [4.69, 9.17) is 4.74 Å². The second kappa shape index (κ2) is 3.85. The molecule has 0 radical (unpaired) electrons. The maximum atomic E-state index is 11.9. The van der Waals surface area contributed by atoms with Gasteiger partial charge in [0.25, 0.3) is 0 Å². The zero-order chi connectivity index (χ0) is 12.0. The van der Waals surface area contributed by atoms with E-state index >= 15 is 0 Å². The van der Waals surface area contributed by atoms with E-state index in [-0.39, 0.29) is 23.5 Å². The Hall–Kier alpha value is -0.330. The van der Waals surface area contributed by atoms with Gasteiger partial charge in [0.1, 0.15) is 0 Å². The number of hydroxylamine groups is 1. The van der Waals surface area contributed by atoms with Crippen LogP contribution in [-0.2, 0) is 9.57 Å². The van der Waals surface area contributed by atoms with Crippen LogP contribution in [0.15, 0.2) is 0 Å². The van der Waals surface area contributed by atoms with Crippen molar-refractivity contribution in [2.75, 3.05) is 13.2 Å². The standard InChI is InChI=1S/C10H16F3NO2/c1-9(2)7(6-3-4-15-8(6)9)14-16-5-10(11,12)13/h6-8,14H,3-5H2,1-2H3. The molecule has 3 nitrogen and oxygen atoms in total. The first-order valence-electron chi connectivity index (χ1n) is 5.38. The van der Waals surface area contributed by atoms with Gasteiger partial charge in [-0.2, -0.15) is 18.7 Å². The highest BCUT2D eigenvalue weighted by atomic mass is 19.4. The van der Waals surface area contributed by atoms with Gasteiger partial charge in [-0.25, -0.2) is 0 Å². The molecule has 6 heteroatoms. The summed E-state index contributed by atoms with van der Waals surface area (Å²) in [6, 6.07) is -0.0534. The van der Waals surface area contributed by atoms with Crippen LogP contribution in [0.5, 0.6) is 0 Å². The highest BCUT2D eigenvalue weighted by Crippen LogP contribution is 2.52. The van der Waals surface area contributed by atoms with Crippen LogP contribution in [0, 0.1) is 11.3 Å². The Morgan fingerprint density at radius 1 is 1.44 bits per heavy atom. The monoisotopic (exact) mass is 239 g/mol. The predicted octanol–water partition coefficient (Wildman–Crippen LogP) is 1.88. The van der Waals surface area contributed by atoms with Crippen molar-refractivity contribution in [2.45, 2.75) is 38.6 Å². The van der Waals surface area contributed by atoms with Crippen molar-refractivity contribution in [2.24, 2.45) is 11.3 Å². The number of alkyl halides is 3. The summed E-state index contributed by atoms with van der Waals surface area (Å²) < 4.78 is 41.2. The van der Waals surface area contributed by atoms with E-state index in [1.54, 1.807) is 0 Å². The number of hydrogen-bond acceptors (Lipinski definition) is 3. The van der Waals surface area contributed by atoms with Crippen molar-refractivity contribution in [1.82, 2.24) is 5.48 Å². The van der Waals surface area contributed by atoms with Gasteiger partial charge >= 0.3 is 6.18 Å². The highest BCUT2D eigenvalue weighted by molar-refractivity contribution is 5.10. The van der Waals surface area contributed by atoms with Crippen molar-refractivity contribution < 1.29 is 22.7 Å². The molecule has 1 aliphatic carbocycles. The maximum Gasteiger partial charge on any atom is 0.413 e. The van der Waals surface area contributed by atoms with Crippen LogP contribution in [0.4, 0.5) is 13.2 Å². The minimum Gasteiger partial charge on any atom is -0.377 e. The third-order valence-corrected chi connectivity index (χ3v) is 3.55. The van der Waals surface area contributed by atoms with E-state index < -0.39 is 12.8 Å². The fourth-order valence-corrected chi connectivity index (χ4v) is 2.78. The smallest absolute Gasteiger partial charge is 0.377 e. The first-order valence-corrected chi connectivity index (χ1v) is 5.38. The molecule has 0 aromatic carbocycles. The minimum atomic E-state index is -4.29. The first-order chi connectivity index (χ1) is 7.32. The fraction of sp³-hybridized carbons (Fsp3) is 1.00. The quantitative estimate of drug-likeness (QED) is 0.763. The zero-order valence-electron chi connectivity index (χ0n) is 9.30. The molecular formula is C10H16F3NO2. The molecular weight excluding hydrogens is 223 g/mol. The predicted molar refractivity (Wildman–Crippen MR) is 50.6 cm³/mol. The molecule has 94 valence electrons. The van der Waals surface area contributed by atoms with Crippen LogP contribution in [0.25, 0.3) is 0 Å².